The van der Waals surface area contributed by atoms with E-state index in [0.717, 1.165) is 31.9 Å². The summed E-state index contributed by atoms with van der Waals surface area (Å²) < 4.78 is 41.0. The molecule has 4 aromatic rings. The SMILES string of the molecule is Cn1c(CN(c2cnc3cc(N4CCOCC4)nc(OC4CCC(Nc5ncc(C#N)cn5)CC4)c3c2)S(C)(=O)=O)cnc1N(O)CO. The lowest BCUT2D eigenvalue weighted by atomic mass is 9.93. The van der Waals surface area contributed by atoms with E-state index in [9.17, 15) is 18.7 Å². The fraction of sp³-hybridized carbons (Fsp3) is 0.467. The highest BCUT2D eigenvalue weighted by molar-refractivity contribution is 7.92. The second kappa shape index (κ2) is 14.1. The Morgan fingerprint density at radius 3 is 2.48 bits per heavy atom. The Hall–Kier alpha value is -4.83. The van der Waals surface area contributed by atoms with Gasteiger partial charge in [-0.15, -0.1) is 0 Å². The van der Waals surface area contributed by atoms with E-state index in [2.05, 4.69) is 30.2 Å². The first-order valence-corrected chi connectivity index (χ1v) is 17.3. The van der Waals surface area contributed by atoms with Crippen molar-refractivity contribution >= 4 is 44.3 Å². The summed E-state index contributed by atoms with van der Waals surface area (Å²) in [5, 5.41) is 32.7. The van der Waals surface area contributed by atoms with Crippen LogP contribution in [-0.2, 0) is 28.4 Å². The largest absolute Gasteiger partial charge is 0.474 e. The molecule has 4 aromatic heterocycles. The molecule has 17 nitrogen and oxygen atoms in total. The molecule has 1 saturated heterocycles. The van der Waals surface area contributed by atoms with Gasteiger partial charge in [-0.1, -0.05) is 0 Å². The molecular formula is C30H37N11O6S. The molecule has 5 heterocycles. The van der Waals surface area contributed by atoms with Gasteiger partial charge in [-0.2, -0.15) is 15.3 Å². The highest BCUT2D eigenvalue weighted by Crippen LogP contribution is 2.34. The second-order valence-electron chi connectivity index (χ2n) is 11.7. The molecule has 2 aliphatic rings. The topological polar surface area (TPSA) is 208 Å². The Morgan fingerprint density at radius 2 is 1.81 bits per heavy atom. The van der Waals surface area contributed by atoms with Crippen molar-refractivity contribution in [2.45, 2.75) is 44.4 Å². The molecule has 0 spiro atoms. The molecule has 1 aliphatic heterocycles. The number of rotatable bonds is 11. The number of fused-ring (bicyclic) bond motifs is 1. The van der Waals surface area contributed by atoms with Crippen molar-refractivity contribution in [1.29, 1.82) is 5.26 Å². The van der Waals surface area contributed by atoms with Gasteiger partial charge in [0.1, 0.15) is 24.7 Å². The highest BCUT2D eigenvalue weighted by atomic mass is 32.2. The first-order chi connectivity index (χ1) is 23.1. The Kier molecular flexibility index (Phi) is 9.73. The zero-order chi connectivity index (χ0) is 33.8. The van der Waals surface area contributed by atoms with E-state index in [-0.39, 0.29) is 24.6 Å². The minimum Gasteiger partial charge on any atom is -0.474 e. The zero-order valence-corrected chi connectivity index (χ0v) is 27.4. The Bertz CT molecular complexity index is 1890. The number of nitriles is 1. The quantitative estimate of drug-likeness (QED) is 0.152. The molecule has 48 heavy (non-hydrogen) atoms. The van der Waals surface area contributed by atoms with Crippen LogP contribution in [0.1, 0.15) is 36.9 Å². The van der Waals surface area contributed by atoms with Crippen LogP contribution in [0.4, 0.5) is 23.4 Å². The number of pyridine rings is 2. The third-order valence-electron chi connectivity index (χ3n) is 8.44. The number of aromatic nitrogens is 6. The molecule has 0 atom stereocenters. The van der Waals surface area contributed by atoms with Crippen LogP contribution in [0.25, 0.3) is 10.9 Å². The molecule has 2 fully saturated rings. The third-order valence-corrected chi connectivity index (χ3v) is 9.58. The Balaban J connectivity index is 1.27. The van der Waals surface area contributed by atoms with E-state index in [1.165, 1.54) is 33.7 Å². The Labute approximate surface area is 277 Å². The van der Waals surface area contributed by atoms with Crippen molar-refractivity contribution in [3.8, 4) is 11.9 Å². The lowest BCUT2D eigenvalue weighted by Gasteiger charge is -2.31. The van der Waals surface area contributed by atoms with Crippen LogP contribution in [0.15, 0.2) is 36.9 Å². The average molecular weight is 680 g/mol. The summed E-state index contributed by atoms with van der Waals surface area (Å²) in [5.41, 5.74) is 1.78. The number of aliphatic hydroxyl groups is 1. The van der Waals surface area contributed by atoms with Crippen molar-refractivity contribution in [1.82, 2.24) is 29.5 Å². The van der Waals surface area contributed by atoms with Gasteiger partial charge in [0.2, 0.25) is 27.8 Å². The van der Waals surface area contributed by atoms with Crippen LogP contribution >= 0.6 is 0 Å². The molecule has 1 saturated carbocycles. The number of hydrogen-bond donors (Lipinski definition) is 3. The van der Waals surface area contributed by atoms with E-state index in [0.29, 0.717) is 76.9 Å². The maximum Gasteiger partial charge on any atom is 0.232 e. The zero-order valence-electron chi connectivity index (χ0n) is 26.6. The fourth-order valence-corrected chi connectivity index (χ4v) is 6.66. The van der Waals surface area contributed by atoms with Crippen LogP contribution < -0.4 is 24.3 Å². The van der Waals surface area contributed by atoms with Gasteiger partial charge in [0.05, 0.1) is 78.6 Å². The van der Waals surface area contributed by atoms with Gasteiger partial charge in [-0.05, 0) is 31.7 Å². The number of sulfonamides is 1. The highest BCUT2D eigenvalue weighted by Gasteiger charge is 2.27. The van der Waals surface area contributed by atoms with Gasteiger partial charge in [0.15, 0.2) is 0 Å². The molecule has 18 heteroatoms. The van der Waals surface area contributed by atoms with E-state index in [4.69, 9.17) is 19.7 Å². The molecule has 3 N–H and O–H groups in total. The number of morpholine rings is 1. The van der Waals surface area contributed by atoms with E-state index >= 15 is 0 Å². The molecule has 0 aromatic carbocycles. The predicted octanol–water partition coefficient (Wildman–Crippen LogP) is 1.78. The normalized spacial score (nSPS) is 18.4. The number of imidazole rings is 1. The summed E-state index contributed by atoms with van der Waals surface area (Å²) in [6, 6.07) is 5.75. The average Bonchev–Trinajstić information content (AvgIpc) is 3.47. The molecule has 0 amide bonds. The summed E-state index contributed by atoms with van der Waals surface area (Å²) in [4.78, 5) is 24.3. The number of hydroxylamine groups is 1. The minimum absolute atomic E-state index is 0.0578. The molecular weight excluding hydrogens is 642 g/mol. The van der Waals surface area contributed by atoms with Gasteiger partial charge >= 0.3 is 0 Å². The summed E-state index contributed by atoms with van der Waals surface area (Å²) in [5.74, 6) is 1.60. The van der Waals surface area contributed by atoms with Gasteiger partial charge < -0.3 is 29.4 Å². The van der Waals surface area contributed by atoms with Crippen LogP contribution in [-0.4, -0.2) is 99.7 Å². The van der Waals surface area contributed by atoms with Gasteiger partial charge in [0, 0.05) is 32.2 Å². The van der Waals surface area contributed by atoms with Gasteiger partial charge in [-0.3, -0.25) is 14.5 Å². The summed E-state index contributed by atoms with van der Waals surface area (Å²) >= 11 is 0. The van der Waals surface area contributed by atoms with E-state index < -0.39 is 16.8 Å². The number of hydrogen-bond acceptors (Lipinski definition) is 15. The van der Waals surface area contributed by atoms with Crippen LogP contribution in [0, 0.1) is 11.3 Å². The smallest absolute Gasteiger partial charge is 0.232 e. The van der Waals surface area contributed by atoms with Crippen molar-refractivity contribution in [3.05, 3.63) is 48.2 Å². The van der Waals surface area contributed by atoms with E-state index in [1.54, 1.807) is 13.1 Å². The number of nitrogens with one attached hydrogen (secondary N) is 1. The standard InChI is InChI=1S/C30H37N11O6S/c1-38-23(17-35-30(38)40(43)19-42)18-41(48(2,44)45)22-11-25-26(32-16-22)12-27(39-7-9-46-10-8-39)37-28(25)47-24-5-3-21(4-6-24)36-29-33-14-20(13-31)15-34-29/h11-12,14-17,21,24,42-43H,3-10,18-19H2,1-2H3,(H,33,34,36). The van der Waals surface area contributed by atoms with Crippen molar-refractivity contribution < 1.29 is 28.2 Å². The predicted molar refractivity (Wildman–Crippen MR) is 175 cm³/mol. The molecule has 6 rings (SSSR count). The lowest BCUT2D eigenvalue weighted by Crippen LogP contribution is -2.37. The number of nitrogens with zero attached hydrogens (tertiary/aromatic N) is 10. The van der Waals surface area contributed by atoms with Gasteiger partial charge in [-0.25, -0.2) is 23.4 Å². The number of ether oxygens (including phenoxy) is 2. The van der Waals surface area contributed by atoms with E-state index in [1.807, 2.05) is 12.1 Å². The van der Waals surface area contributed by atoms with Crippen LogP contribution in [0.3, 0.4) is 0 Å². The molecule has 0 radical (unpaired) electrons. The monoisotopic (exact) mass is 679 g/mol. The molecule has 254 valence electrons. The molecule has 1 aliphatic carbocycles. The first-order valence-electron chi connectivity index (χ1n) is 15.5. The van der Waals surface area contributed by atoms with Crippen LogP contribution in [0.5, 0.6) is 5.88 Å². The van der Waals surface area contributed by atoms with Gasteiger partial charge in [0.25, 0.3) is 0 Å². The minimum atomic E-state index is -3.81. The Morgan fingerprint density at radius 1 is 1.08 bits per heavy atom. The molecule has 0 bridgehead atoms. The second-order valence-corrected chi connectivity index (χ2v) is 13.6. The first kappa shape index (κ1) is 33.1. The fourth-order valence-electron chi connectivity index (χ4n) is 5.81. The molecule has 0 unspecified atom stereocenters. The lowest BCUT2D eigenvalue weighted by molar-refractivity contribution is 0.122. The van der Waals surface area contributed by atoms with Crippen molar-refractivity contribution in [3.63, 3.8) is 0 Å². The summed E-state index contributed by atoms with van der Waals surface area (Å²) in [7, 11) is -2.20. The maximum absolute atomic E-state index is 13.1. The van der Waals surface area contributed by atoms with Crippen LogP contribution in [0.2, 0.25) is 0 Å². The third kappa shape index (κ3) is 7.33. The van der Waals surface area contributed by atoms with Crippen molar-refractivity contribution in [2.75, 3.05) is 58.9 Å². The van der Waals surface area contributed by atoms with Crippen molar-refractivity contribution in [2.24, 2.45) is 7.05 Å². The maximum atomic E-state index is 13.1. The number of aliphatic hydroxyl groups excluding tert-OH is 1. The summed E-state index contributed by atoms with van der Waals surface area (Å²) in [6.45, 7) is 1.70. The number of anilines is 4. The summed E-state index contributed by atoms with van der Waals surface area (Å²) in [6.07, 6.45) is 9.95.